The molecule has 0 spiro atoms. The topological polar surface area (TPSA) is 34.1 Å². The summed E-state index contributed by atoms with van der Waals surface area (Å²) in [6.45, 7) is 1.81. The second-order valence-corrected chi connectivity index (χ2v) is 5.46. The van der Waals surface area contributed by atoms with Gasteiger partial charge in [-0.05, 0) is 12.1 Å². The fourth-order valence-corrected chi connectivity index (χ4v) is 1.89. The molecule has 0 bridgehead atoms. The Balaban J connectivity index is 2.70. The number of rotatable bonds is 4. The Morgan fingerprint density at radius 1 is 1.36 bits per heavy atom. The highest BCUT2D eigenvalue weighted by Gasteiger charge is 2.08. The van der Waals surface area contributed by atoms with Crippen LogP contribution in [-0.2, 0) is 10.8 Å². The number of hydrogen-bond acceptors (Lipinski definition) is 2. The number of benzene rings is 1. The summed E-state index contributed by atoms with van der Waals surface area (Å²) >= 11 is 3.29. The Hall–Kier alpha value is -0.480. The molecular weight excluding hydrogens is 264 g/mol. The minimum absolute atomic E-state index is 0.0577. The molecule has 0 heterocycles. The number of carbonyl (C=O) groups excluding carboxylic acids is 1. The summed E-state index contributed by atoms with van der Waals surface area (Å²) in [6.07, 6.45) is 0. The molecule has 0 aliphatic heterocycles. The van der Waals surface area contributed by atoms with Crippen molar-refractivity contribution in [3.63, 3.8) is 0 Å². The number of ketones is 1. The van der Waals surface area contributed by atoms with Crippen molar-refractivity contribution >= 4 is 32.5 Å². The molecule has 1 atom stereocenters. The molecule has 0 saturated carbocycles. The van der Waals surface area contributed by atoms with Crippen LogP contribution in [0.1, 0.15) is 17.3 Å². The smallest absolute Gasteiger partial charge is 0.175 e. The summed E-state index contributed by atoms with van der Waals surface area (Å²) in [7, 11) is -1.02. The third kappa shape index (κ3) is 3.35. The summed E-state index contributed by atoms with van der Waals surface area (Å²) in [4.78, 5) is 11.5. The molecule has 2 nitrogen and oxygen atoms in total. The van der Waals surface area contributed by atoms with E-state index >= 15 is 0 Å². The molecule has 0 aliphatic carbocycles. The van der Waals surface area contributed by atoms with E-state index < -0.39 is 10.8 Å². The molecule has 14 heavy (non-hydrogen) atoms. The molecule has 0 N–H and O–H groups in total. The van der Waals surface area contributed by atoms with Crippen LogP contribution >= 0.6 is 15.9 Å². The highest BCUT2D eigenvalue weighted by molar-refractivity contribution is 9.10. The zero-order valence-corrected chi connectivity index (χ0v) is 10.2. The van der Waals surface area contributed by atoms with Crippen LogP contribution in [0.25, 0.3) is 0 Å². The molecule has 0 saturated heterocycles. The normalized spacial score (nSPS) is 12.4. The van der Waals surface area contributed by atoms with E-state index in [9.17, 15) is 9.00 Å². The standard InChI is InChI=1S/C10H11BrO2S/c1-2-14(13)7-10(12)8-3-5-9(11)6-4-8/h3-6H,2,7H2,1H3. The zero-order chi connectivity index (χ0) is 10.6. The number of Topliss-reactive ketones (excluding diaryl/α,β-unsaturated/α-hetero) is 1. The lowest BCUT2D eigenvalue weighted by Crippen LogP contribution is -2.11. The summed E-state index contributed by atoms with van der Waals surface area (Å²) in [5, 5.41) is 0. The predicted molar refractivity (Wildman–Crippen MR) is 62.0 cm³/mol. The van der Waals surface area contributed by atoms with Gasteiger partial charge in [0.1, 0.15) is 0 Å². The molecule has 0 aliphatic rings. The Morgan fingerprint density at radius 3 is 2.43 bits per heavy atom. The highest BCUT2D eigenvalue weighted by atomic mass is 79.9. The van der Waals surface area contributed by atoms with Crippen LogP contribution in [0.15, 0.2) is 28.7 Å². The van der Waals surface area contributed by atoms with Crippen molar-refractivity contribution < 1.29 is 9.00 Å². The van der Waals surface area contributed by atoms with Gasteiger partial charge in [0.15, 0.2) is 5.78 Å². The van der Waals surface area contributed by atoms with Crippen LogP contribution < -0.4 is 0 Å². The van der Waals surface area contributed by atoms with Crippen LogP contribution in [0, 0.1) is 0 Å². The highest BCUT2D eigenvalue weighted by Crippen LogP contribution is 2.11. The summed E-state index contributed by atoms with van der Waals surface area (Å²) in [5.41, 5.74) is 0.620. The van der Waals surface area contributed by atoms with Crippen LogP contribution in [0.4, 0.5) is 0 Å². The first-order valence-electron chi connectivity index (χ1n) is 4.27. The van der Waals surface area contributed by atoms with E-state index in [4.69, 9.17) is 0 Å². The monoisotopic (exact) mass is 274 g/mol. The third-order valence-electron chi connectivity index (χ3n) is 1.78. The van der Waals surface area contributed by atoms with Gasteiger partial charge in [-0.25, -0.2) is 0 Å². The van der Waals surface area contributed by atoms with Gasteiger partial charge < -0.3 is 0 Å². The van der Waals surface area contributed by atoms with E-state index in [-0.39, 0.29) is 11.5 Å². The molecule has 0 radical (unpaired) electrons. The molecule has 1 unspecified atom stereocenters. The van der Waals surface area contributed by atoms with E-state index in [0.717, 1.165) is 4.47 Å². The van der Waals surface area contributed by atoms with Crippen molar-refractivity contribution in [3.05, 3.63) is 34.3 Å². The Kier molecular flexibility index (Phi) is 4.48. The van der Waals surface area contributed by atoms with E-state index in [2.05, 4.69) is 15.9 Å². The van der Waals surface area contributed by atoms with Crippen LogP contribution in [0.3, 0.4) is 0 Å². The average Bonchev–Trinajstić information content (AvgIpc) is 2.18. The molecule has 0 amide bonds. The maximum Gasteiger partial charge on any atom is 0.175 e. The van der Waals surface area contributed by atoms with Crippen LogP contribution in [0.2, 0.25) is 0 Å². The second-order valence-electron chi connectivity index (χ2n) is 2.80. The van der Waals surface area contributed by atoms with Crippen molar-refractivity contribution in [1.29, 1.82) is 0 Å². The van der Waals surface area contributed by atoms with Gasteiger partial charge in [-0.15, -0.1) is 0 Å². The van der Waals surface area contributed by atoms with E-state index in [1.165, 1.54) is 0 Å². The minimum Gasteiger partial charge on any atom is -0.293 e. The van der Waals surface area contributed by atoms with Crippen molar-refractivity contribution in [2.45, 2.75) is 6.92 Å². The molecule has 1 aromatic carbocycles. The lowest BCUT2D eigenvalue weighted by atomic mass is 10.2. The summed E-state index contributed by atoms with van der Waals surface area (Å²) < 4.78 is 12.1. The van der Waals surface area contributed by atoms with Gasteiger partial charge in [-0.3, -0.25) is 9.00 Å². The van der Waals surface area contributed by atoms with Crippen molar-refractivity contribution in [2.75, 3.05) is 11.5 Å². The van der Waals surface area contributed by atoms with Crippen molar-refractivity contribution in [3.8, 4) is 0 Å². The van der Waals surface area contributed by atoms with E-state index in [1.807, 2.05) is 19.1 Å². The minimum atomic E-state index is -1.02. The van der Waals surface area contributed by atoms with E-state index in [0.29, 0.717) is 11.3 Å². The van der Waals surface area contributed by atoms with Gasteiger partial charge in [0, 0.05) is 26.6 Å². The molecule has 1 aromatic rings. The fourth-order valence-electron chi connectivity index (χ4n) is 0.967. The van der Waals surface area contributed by atoms with Gasteiger partial charge in [0.25, 0.3) is 0 Å². The van der Waals surface area contributed by atoms with Crippen LogP contribution in [0.5, 0.6) is 0 Å². The SMILES string of the molecule is CCS(=O)CC(=O)c1ccc(Br)cc1. The van der Waals surface area contributed by atoms with Gasteiger partial charge >= 0.3 is 0 Å². The largest absolute Gasteiger partial charge is 0.293 e. The average molecular weight is 275 g/mol. The number of halogens is 1. The Labute approximate surface area is 94.3 Å². The fraction of sp³-hybridized carbons (Fsp3) is 0.300. The lowest BCUT2D eigenvalue weighted by Gasteiger charge is -1.99. The van der Waals surface area contributed by atoms with Crippen molar-refractivity contribution in [1.82, 2.24) is 0 Å². The lowest BCUT2D eigenvalue weighted by molar-refractivity contribution is 0.102. The zero-order valence-electron chi connectivity index (χ0n) is 7.83. The number of carbonyl (C=O) groups is 1. The van der Waals surface area contributed by atoms with E-state index in [1.54, 1.807) is 12.1 Å². The summed E-state index contributed by atoms with van der Waals surface area (Å²) in [6, 6.07) is 7.09. The third-order valence-corrected chi connectivity index (χ3v) is 3.54. The second kappa shape index (κ2) is 5.41. The van der Waals surface area contributed by atoms with Crippen LogP contribution in [-0.4, -0.2) is 21.5 Å². The first-order chi connectivity index (χ1) is 6.63. The van der Waals surface area contributed by atoms with Gasteiger partial charge in [-0.1, -0.05) is 35.0 Å². The van der Waals surface area contributed by atoms with Gasteiger partial charge in [-0.2, -0.15) is 0 Å². The maximum absolute atomic E-state index is 11.5. The van der Waals surface area contributed by atoms with Gasteiger partial charge in [0.05, 0.1) is 5.75 Å². The number of hydrogen-bond donors (Lipinski definition) is 0. The molecule has 0 fully saturated rings. The molecule has 1 rings (SSSR count). The Morgan fingerprint density at radius 2 is 1.93 bits per heavy atom. The first kappa shape index (κ1) is 11.6. The van der Waals surface area contributed by atoms with Gasteiger partial charge in [0.2, 0.25) is 0 Å². The molecule has 4 heteroatoms. The predicted octanol–water partition coefficient (Wildman–Crippen LogP) is 2.40. The maximum atomic E-state index is 11.5. The molecular formula is C10H11BrO2S. The quantitative estimate of drug-likeness (QED) is 0.791. The summed E-state index contributed by atoms with van der Waals surface area (Å²) in [5.74, 6) is 0.595. The molecule has 0 aromatic heterocycles. The Bertz CT molecular complexity index is 346. The molecule has 76 valence electrons. The van der Waals surface area contributed by atoms with Crippen molar-refractivity contribution in [2.24, 2.45) is 0 Å². The first-order valence-corrected chi connectivity index (χ1v) is 6.55.